The minimum absolute atomic E-state index is 0.269. The van der Waals surface area contributed by atoms with Crippen LogP contribution in [-0.2, 0) is 4.74 Å². The first-order valence-corrected chi connectivity index (χ1v) is 7.93. The zero-order valence-electron chi connectivity index (χ0n) is 14.0. The van der Waals surface area contributed by atoms with Gasteiger partial charge < -0.3 is 9.94 Å². The Kier molecular flexibility index (Phi) is 4.21. The zero-order chi connectivity index (χ0) is 17.3. The molecule has 0 aliphatic rings. The molecule has 0 spiro atoms. The van der Waals surface area contributed by atoms with Crippen molar-refractivity contribution in [1.82, 2.24) is 0 Å². The third-order valence-electron chi connectivity index (χ3n) is 4.13. The highest BCUT2D eigenvalue weighted by atomic mass is 16.5. The van der Waals surface area contributed by atoms with E-state index in [-0.39, 0.29) is 6.61 Å². The number of carbonyl (C=O) groups is 1. The molecule has 2 aromatic carbocycles. The van der Waals surface area contributed by atoms with E-state index in [0.29, 0.717) is 17.0 Å². The normalized spacial score (nSPS) is 10.8. The van der Waals surface area contributed by atoms with Gasteiger partial charge in [0, 0.05) is 17.9 Å². The summed E-state index contributed by atoms with van der Waals surface area (Å²) in [5.41, 5.74) is 3.18. The first kappa shape index (κ1) is 16.0. The third-order valence-corrected chi connectivity index (χ3v) is 4.13. The molecule has 0 fully saturated rings. The van der Waals surface area contributed by atoms with Crippen LogP contribution in [0.3, 0.4) is 0 Å². The van der Waals surface area contributed by atoms with Crippen molar-refractivity contribution in [3.05, 3.63) is 70.6 Å². The lowest BCUT2D eigenvalue weighted by Gasteiger charge is -2.15. The largest absolute Gasteiger partial charge is 0.618 e. The monoisotopic (exact) mass is 321 g/mol. The van der Waals surface area contributed by atoms with Crippen molar-refractivity contribution in [2.24, 2.45) is 0 Å². The Morgan fingerprint density at radius 1 is 1.04 bits per heavy atom. The number of carbonyl (C=O) groups excluding carboxylic acids is 1. The highest BCUT2D eigenvalue weighted by Crippen LogP contribution is 2.30. The molecule has 4 heteroatoms. The smallest absolute Gasteiger partial charge is 0.345 e. The summed E-state index contributed by atoms with van der Waals surface area (Å²) >= 11 is 0. The van der Waals surface area contributed by atoms with Crippen molar-refractivity contribution in [3.63, 3.8) is 0 Å². The Balaban J connectivity index is 2.37. The number of hydrogen-bond acceptors (Lipinski definition) is 3. The van der Waals surface area contributed by atoms with E-state index in [0.717, 1.165) is 26.6 Å². The van der Waals surface area contributed by atoms with Crippen molar-refractivity contribution < 1.29 is 14.3 Å². The Hall–Kier alpha value is -2.88. The summed E-state index contributed by atoms with van der Waals surface area (Å²) in [4.78, 5) is 12.3. The number of aryl methyl sites for hydroxylation is 1. The van der Waals surface area contributed by atoms with Crippen LogP contribution in [0.1, 0.15) is 28.5 Å². The van der Waals surface area contributed by atoms with Crippen molar-refractivity contribution in [1.29, 1.82) is 0 Å². The fraction of sp³-hybridized carbons (Fsp3) is 0.200. The number of aromatic nitrogens is 1. The molecule has 0 bridgehead atoms. The van der Waals surface area contributed by atoms with E-state index in [1.165, 1.54) is 0 Å². The van der Waals surface area contributed by atoms with Gasteiger partial charge in [-0.25, -0.2) is 4.79 Å². The number of pyridine rings is 1. The van der Waals surface area contributed by atoms with Gasteiger partial charge in [-0.05, 0) is 32.0 Å². The average molecular weight is 321 g/mol. The number of rotatable bonds is 3. The second kappa shape index (κ2) is 6.32. The van der Waals surface area contributed by atoms with Crippen LogP contribution in [0.25, 0.3) is 22.0 Å². The molecule has 0 atom stereocenters. The molecule has 1 aromatic heterocycles. The first-order chi connectivity index (χ1) is 11.5. The highest BCUT2D eigenvalue weighted by Gasteiger charge is 2.26. The number of esters is 1. The van der Waals surface area contributed by atoms with Gasteiger partial charge in [0.25, 0.3) is 0 Å². The number of hydrogen-bond donors (Lipinski definition) is 0. The second-order valence-electron chi connectivity index (χ2n) is 5.74. The minimum Gasteiger partial charge on any atom is -0.618 e. The quantitative estimate of drug-likeness (QED) is 0.417. The van der Waals surface area contributed by atoms with Gasteiger partial charge >= 0.3 is 5.97 Å². The molecule has 3 rings (SSSR count). The van der Waals surface area contributed by atoms with E-state index in [4.69, 9.17) is 4.74 Å². The predicted octanol–water partition coefficient (Wildman–Crippen LogP) is 3.93. The predicted molar refractivity (Wildman–Crippen MR) is 93.8 cm³/mol. The maximum absolute atomic E-state index is 12.9. The van der Waals surface area contributed by atoms with Gasteiger partial charge in [0.1, 0.15) is 5.56 Å². The molecule has 3 aromatic rings. The molecule has 0 aliphatic carbocycles. The van der Waals surface area contributed by atoms with Gasteiger partial charge in [-0.15, -0.1) is 0 Å². The molecule has 0 saturated heterocycles. The molecule has 0 N–H and O–H groups in total. The Morgan fingerprint density at radius 2 is 1.67 bits per heavy atom. The average Bonchev–Trinajstić information content (AvgIpc) is 2.57. The second-order valence-corrected chi connectivity index (χ2v) is 5.74. The van der Waals surface area contributed by atoms with Gasteiger partial charge in [-0.3, -0.25) is 0 Å². The molecule has 0 amide bonds. The van der Waals surface area contributed by atoms with Crippen LogP contribution in [0.15, 0.2) is 48.5 Å². The maximum Gasteiger partial charge on any atom is 0.345 e. The molecule has 0 aliphatic heterocycles. The Morgan fingerprint density at radius 3 is 2.29 bits per heavy atom. The lowest BCUT2D eigenvalue weighted by Crippen LogP contribution is -2.36. The summed E-state index contributed by atoms with van der Waals surface area (Å²) in [6.45, 7) is 5.68. The van der Waals surface area contributed by atoms with Crippen LogP contribution in [0.5, 0.6) is 0 Å². The van der Waals surface area contributed by atoms with Crippen LogP contribution in [0, 0.1) is 19.1 Å². The number of fused-ring (bicyclic) bond motifs is 1. The van der Waals surface area contributed by atoms with Gasteiger partial charge in [0.05, 0.1) is 12.0 Å². The van der Waals surface area contributed by atoms with E-state index in [9.17, 15) is 10.0 Å². The van der Waals surface area contributed by atoms with Gasteiger partial charge in [0.15, 0.2) is 0 Å². The van der Waals surface area contributed by atoms with E-state index in [1.807, 2.05) is 55.5 Å². The lowest BCUT2D eigenvalue weighted by molar-refractivity contribution is -0.599. The summed E-state index contributed by atoms with van der Waals surface area (Å²) in [5.74, 6) is -0.466. The SMILES string of the molecule is CCOC(=O)c1c(C)[n+]([O-])c(-c2ccc(C)cc2)c2ccccc12. The van der Waals surface area contributed by atoms with Gasteiger partial charge in [-0.1, -0.05) is 35.9 Å². The van der Waals surface area contributed by atoms with Crippen LogP contribution < -0.4 is 4.73 Å². The van der Waals surface area contributed by atoms with Gasteiger partial charge in [0.2, 0.25) is 11.4 Å². The van der Waals surface area contributed by atoms with Crippen molar-refractivity contribution in [2.75, 3.05) is 6.61 Å². The maximum atomic E-state index is 12.9. The molecule has 0 unspecified atom stereocenters. The standard InChI is InChI=1S/C20H19NO3/c1-4-24-20(22)18-14(3)21(23)19(15-11-9-13(2)10-12-15)17-8-6-5-7-16(17)18/h5-12H,4H2,1-3H3. The van der Waals surface area contributed by atoms with E-state index < -0.39 is 5.97 Å². The number of ether oxygens (including phenoxy) is 1. The topological polar surface area (TPSA) is 53.2 Å². The molecule has 24 heavy (non-hydrogen) atoms. The molecular formula is C20H19NO3. The molecule has 0 saturated carbocycles. The molecule has 0 radical (unpaired) electrons. The van der Waals surface area contributed by atoms with Gasteiger partial charge in [-0.2, -0.15) is 4.73 Å². The number of benzene rings is 2. The lowest BCUT2D eigenvalue weighted by atomic mass is 9.98. The summed E-state index contributed by atoms with van der Waals surface area (Å²) in [5, 5.41) is 14.4. The van der Waals surface area contributed by atoms with E-state index in [1.54, 1.807) is 13.8 Å². The minimum atomic E-state index is -0.466. The molecule has 4 nitrogen and oxygen atoms in total. The summed E-state index contributed by atoms with van der Waals surface area (Å²) in [6.07, 6.45) is 0. The summed E-state index contributed by atoms with van der Waals surface area (Å²) in [6, 6.07) is 15.2. The Labute approximate surface area is 140 Å². The van der Waals surface area contributed by atoms with E-state index >= 15 is 0 Å². The van der Waals surface area contributed by atoms with Crippen LogP contribution in [-0.4, -0.2) is 12.6 Å². The molecular weight excluding hydrogens is 302 g/mol. The first-order valence-electron chi connectivity index (χ1n) is 7.93. The summed E-state index contributed by atoms with van der Waals surface area (Å²) in [7, 11) is 0. The van der Waals surface area contributed by atoms with Crippen molar-refractivity contribution in [2.45, 2.75) is 20.8 Å². The third kappa shape index (κ3) is 2.60. The zero-order valence-corrected chi connectivity index (χ0v) is 14.0. The van der Waals surface area contributed by atoms with Crippen LogP contribution in [0.4, 0.5) is 0 Å². The highest BCUT2D eigenvalue weighted by molar-refractivity contribution is 6.08. The molecule has 122 valence electrons. The fourth-order valence-electron chi connectivity index (χ4n) is 2.93. The number of nitrogens with zero attached hydrogens (tertiary/aromatic N) is 1. The van der Waals surface area contributed by atoms with Crippen molar-refractivity contribution >= 4 is 16.7 Å². The van der Waals surface area contributed by atoms with Crippen molar-refractivity contribution in [3.8, 4) is 11.3 Å². The fourth-order valence-corrected chi connectivity index (χ4v) is 2.93. The Bertz CT molecular complexity index is 914. The van der Waals surface area contributed by atoms with E-state index in [2.05, 4.69) is 0 Å². The van der Waals surface area contributed by atoms with Crippen LogP contribution in [0.2, 0.25) is 0 Å². The van der Waals surface area contributed by atoms with Crippen LogP contribution >= 0.6 is 0 Å². The summed E-state index contributed by atoms with van der Waals surface area (Å²) < 4.78 is 5.97. The molecule has 1 heterocycles.